The van der Waals surface area contributed by atoms with Crippen molar-refractivity contribution in [1.82, 2.24) is 14.5 Å². The standard InChI is InChI=1S/C29H22F2N6O3/c1-16-2-9-21(28(40)37(16)20-7-3-17(30)4-8-20)27(39)35-19-5-10-25(23(31)15-19)34-18-6-11-26(38)22(14-18)24-12-13-33-29(32)36-24/h2-15,34,38H,1H3,(H,35,39)(H2,32,33,36). The molecule has 0 fully saturated rings. The highest BCUT2D eigenvalue weighted by atomic mass is 19.1. The Kier molecular flexibility index (Phi) is 6.94. The van der Waals surface area contributed by atoms with Gasteiger partial charge in [-0.1, -0.05) is 0 Å². The van der Waals surface area contributed by atoms with Gasteiger partial charge in [0.25, 0.3) is 11.5 Å². The van der Waals surface area contributed by atoms with Crippen LogP contribution in [0.5, 0.6) is 5.75 Å². The van der Waals surface area contributed by atoms with Crippen LogP contribution in [0, 0.1) is 18.6 Å². The molecule has 0 aliphatic heterocycles. The zero-order valence-corrected chi connectivity index (χ0v) is 21.0. The molecule has 200 valence electrons. The second-order valence-corrected chi connectivity index (χ2v) is 8.81. The van der Waals surface area contributed by atoms with Gasteiger partial charge < -0.3 is 21.5 Å². The Morgan fingerprint density at radius 2 is 1.70 bits per heavy atom. The SMILES string of the molecule is Cc1ccc(C(=O)Nc2ccc(Nc3ccc(O)c(-c4ccnc(N)n4)c3)c(F)c2)c(=O)n1-c1ccc(F)cc1. The fourth-order valence-corrected chi connectivity index (χ4v) is 4.11. The van der Waals surface area contributed by atoms with E-state index < -0.39 is 23.1 Å². The van der Waals surface area contributed by atoms with Crippen LogP contribution in [0.3, 0.4) is 0 Å². The molecule has 2 aromatic heterocycles. The minimum atomic E-state index is -0.728. The number of rotatable bonds is 6. The molecule has 2 heterocycles. The molecule has 5 N–H and O–H groups in total. The molecule has 0 unspecified atom stereocenters. The molecule has 0 atom stereocenters. The number of carbonyl (C=O) groups is 1. The van der Waals surface area contributed by atoms with Crippen LogP contribution in [-0.2, 0) is 0 Å². The van der Waals surface area contributed by atoms with Crippen molar-refractivity contribution >= 4 is 28.9 Å². The summed E-state index contributed by atoms with van der Waals surface area (Å²) in [6, 6.07) is 18.4. The maximum Gasteiger partial charge on any atom is 0.268 e. The van der Waals surface area contributed by atoms with Crippen molar-refractivity contribution in [3.63, 3.8) is 0 Å². The van der Waals surface area contributed by atoms with E-state index in [9.17, 15) is 23.5 Å². The number of nitrogens with two attached hydrogens (primary N) is 1. The Hall–Kier alpha value is -5.58. The Morgan fingerprint density at radius 3 is 2.42 bits per heavy atom. The number of halogens is 2. The van der Waals surface area contributed by atoms with Crippen LogP contribution in [0.2, 0.25) is 0 Å². The lowest BCUT2D eigenvalue weighted by molar-refractivity contribution is 0.102. The van der Waals surface area contributed by atoms with Gasteiger partial charge in [-0.3, -0.25) is 14.2 Å². The molecule has 0 aliphatic rings. The smallest absolute Gasteiger partial charge is 0.268 e. The molecule has 9 nitrogen and oxygen atoms in total. The molecule has 0 saturated heterocycles. The first-order valence-electron chi connectivity index (χ1n) is 12.0. The third-order valence-corrected chi connectivity index (χ3v) is 6.06. The number of nitrogens with zero attached hydrogens (tertiary/aromatic N) is 3. The van der Waals surface area contributed by atoms with E-state index in [0.717, 1.165) is 6.07 Å². The van der Waals surface area contributed by atoms with E-state index in [4.69, 9.17) is 5.73 Å². The molecule has 0 saturated carbocycles. The number of aryl methyl sites for hydroxylation is 1. The Balaban J connectivity index is 1.36. The quantitative estimate of drug-likeness (QED) is 0.218. The molecule has 40 heavy (non-hydrogen) atoms. The van der Waals surface area contributed by atoms with Gasteiger partial charge in [0.05, 0.1) is 11.4 Å². The van der Waals surface area contributed by atoms with E-state index in [1.807, 2.05) is 0 Å². The van der Waals surface area contributed by atoms with Crippen LogP contribution in [-0.4, -0.2) is 25.5 Å². The lowest BCUT2D eigenvalue weighted by Gasteiger charge is -2.13. The van der Waals surface area contributed by atoms with E-state index in [-0.39, 0.29) is 28.6 Å². The fraction of sp³-hybridized carbons (Fsp3) is 0.0345. The van der Waals surface area contributed by atoms with Gasteiger partial charge in [-0.25, -0.2) is 18.7 Å². The first-order valence-corrected chi connectivity index (χ1v) is 12.0. The minimum absolute atomic E-state index is 0.0407. The number of hydrogen-bond donors (Lipinski definition) is 4. The van der Waals surface area contributed by atoms with Crippen LogP contribution >= 0.6 is 0 Å². The zero-order chi connectivity index (χ0) is 28.4. The summed E-state index contributed by atoms with van der Waals surface area (Å²) >= 11 is 0. The molecule has 5 rings (SSSR count). The Bertz CT molecular complexity index is 1810. The lowest BCUT2D eigenvalue weighted by Crippen LogP contribution is -2.29. The van der Waals surface area contributed by atoms with Crippen LogP contribution in [0.1, 0.15) is 16.1 Å². The van der Waals surface area contributed by atoms with Crippen molar-refractivity contribution in [2.24, 2.45) is 0 Å². The number of hydrogen-bond acceptors (Lipinski definition) is 7. The number of nitrogen functional groups attached to an aromatic ring is 1. The number of nitrogens with one attached hydrogen (secondary N) is 2. The Morgan fingerprint density at radius 1 is 0.950 bits per heavy atom. The molecule has 0 bridgehead atoms. The molecular formula is C29H22F2N6O3. The summed E-state index contributed by atoms with van der Waals surface area (Å²) in [6.45, 7) is 1.69. The topological polar surface area (TPSA) is 135 Å². The van der Waals surface area contributed by atoms with Crippen LogP contribution in [0.25, 0.3) is 16.9 Å². The van der Waals surface area contributed by atoms with Gasteiger partial charge in [-0.2, -0.15) is 0 Å². The van der Waals surface area contributed by atoms with E-state index in [0.29, 0.717) is 28.3 Å². The first kappa shape index (κ1) is 26.0. The average molecular weight is 541 g/mol. The predicted molar refractivity (Wildman–Crippen MR) is 148 cm³/mol. The highest BCUT2D eigenvalue weighted by Gasteiger charge is 2.16. The number of aromatic hydroxyl groups is 1. The summed E-state index contributed by atoms with van der Waals surface area (Å²) in [6.07, 6.45) is 1.46. The van der Waals surface area contributed by atoms with E-state index in [1.165, 1.54) is 59.3 Å². The summed E-state index contributed by atoms with van der Waals surface area (Å²) in [7, 11) is 0. The Labute approximate surface area is 226 Å². The molecule has 0 spiro atoms. The number of carbonyl (C=O) groups excluding carboxylic acids is 1. The van der Waals surface area contributed by atoms with Crippen molar-refractivity contribution in [3.05, 3.63) is 118 Å². The molecule has 0 radical (unpaired) electrons. The predicted octanol–water partition coefficient (Wildman–Crippen LogP) is 5.16. The first-order chi connectivity index (χ1) is 19.2. The second kappa shape index (κ2) is 10.7. The number of pyridine rings is 1. The molecule has 3 aromatic carbocycles. The normalized spacial score (nSPS) is 10.8. The van der Waals surface area contributed by atoms with Crippen molar-refractivity contribution in [3.8, 4) is 22.7 Å². The van der Waals surface area contributed by atoms with Crippen molar-refractivity contribution < 1.29 is 18.7 Å². The zero-order valence-electron chi connectivity index (χ0n) is 21.0. The maximum absolute atomic E-state index is 15.0. The van der Waals surface area contributed by atoms with Gasteiger partial charge in [0.15, 0.2) is 0 Å². The van der Waals surface area contributed by atoms with Gasteiger partial charge in [-0.05, 0) is 85.8 Å². The highest BCUT2D eigenvalue weighted by Crippen LogP contribution is 2.32. The summed E-state index contributed by atoms with van der Waals surface area (Å²) < 4.78 is 29.6. The highest BCUT2D eigenvalue weighted by molar-refractivity contribution is 6.04. The van der Waals surface area contributed by atoms with Gasteiger partial charge in [-0.15, -0.1) is 0 Å². The third-order valence-electron chi connectivity index (χ3n) is 6.06. The fourth-order valence-electron chi connectivity index (χ4n) is 4.11. The molecular weight excluding hydrogens is 518 g/mol. The molecule has 5 aromatic rings. The van der Waals surface area contributed by atoms with Gasteiger partial charge in [0.2, 0.25) is 5.95 Å². The van der Waals surface area contributed by atoms with Crippen molar-refractivity contribution in [2.75, 3.05) is 16.4 Å². The number of phenols is 1. The summed E-state index contributed by atoms with van der Waals surface area (Å²) in [5.74, 6) is -1.86. The van der Waals surface area contributed by atoms with E-state index in [2.05, 4.69) is 20.6 Å². The summed E-state index contributed by atoms with van der Waals surface area (Å²) in [5, 5.41) is 15.7. The minimum Gasteiger partial charge on any atom is -0.507 e. The second-order valence-electron chi connectivity index (χ2n) is 8.81. The largest absolute Gasteiger partial charge is 0.507 e. The van der Waals surface area contributed by atoms with E-state index in [1.54, 1.807) is 31.2 Å². The third kappa shape index (κ3) is 5.34. The van der Waals surface area contributed by atoms with Crippen LogP contribution in [0.4, 0.5) is 31.8 Å². The van der Waals surface area contributed by atoms with Crippen LogP contribution < -0.4 is 21.9 Å². The number of aromatic nitrogens is 3. The average Bonchev–Trinajstić information content (AvgIpc) is 2.92. The number of benzene rings is 3. The lowest BCUT2D eigenvalue weighted by atomic mass is 10.1. The monoisotopic (exact) mass is 540 g/mol. The van der Waals surface area contributed by atoms with Crippen molar-refractivity contribution in [2.45, 2.75) is 6.92 Å². The summed E-state index contributed by atoms with van der Waals surface area (Å²) in [5.41, 5.74) is 7.27. The van der Waals surface area contributed by atoms with Crippen LogP contribution in [0.15, 0.2) is 89.9 Å². The molecule has 11 heteroatoms. The number of phenolic OH excluding ortho intramolecular Hbond substituents is 1. The maximum atomic E-state index is 15.0. The number of anilines is 4. The van der Waals surface area contributed by atoms with Gasteiger partial charge in [0.1, 0.15) is 22.9 Å². The molecule has 0 aliphatic carbocycles. The van der Waals surface area contributed by atoms with E-state index >= 15 is 0 Å². The van der Waals surface area contributed by atoms with Gasteiger partial charge >= 0.3 is 0 Å². The van der Waals surface area contributed by atoms with Crippen molar-refractivity contribution in [1.29, 1.82) is 0 Å². The molecule has 1 amide bonds. The number of amides is 1. The summed E-state index contributed by atoms with van der Waals surface area (Å²) in [4.78, 5) is 34.0. The van der Waals surface area contributed by atoms with Gasteiger partial charge in [0, 0.05) is 34.5 Å².